The molecule has 148 valence electrons. The summed E-state index contributed by atoms with van der Waals surface area (Å²) < 4.78 is 7.14. The molecule has 3 aliphatic rings. The molecule has 1 aromatic rings. The summed E-state index contributed by atoms with van der Waals surface area (Å²) in [6.45, 7) is 1.39. The molecule has 2 aliphatic heterocycles. The molecular formula is C18H27N5O4. The number of rotatable bonds is 5. The number of amides is 2. The highest BCUT2D eigenvalue weighted by atomic mass is 16.5. The first-order chi connectivity index (χ1) is 13.1. The number of hydrogen-bond acceptors (Lipinski definition) is 6. The van der Waals surface area contributed by atoms with E-state index in [1.807, 2.05) is 6.20 Å². The molecule has 0 unspecified atom stereocenters. The van der Waals surface area contributed by atoms with Crippen molar-refractivity contribution >= 4 is 11.8 Å². The average molecular weight is 377 g/mol. The number of β-amino-alcohol motifs (C(OH)–C–C–N with tert-alkyl or cyclic N) is 1. The normalized spacial score (nSPS) is 27.6. The Kier molecular flexibility index (Phi) is 5.14. The van der Waals surface area contributed by atoms with Crippen molar-refractivity contribution in [1.82, 2.24) is 25.2 Å². The largest absolute Gasteiger partial charge is 0.391 e. The molecule has 1 aromatic heterocycles. The number of aromatic nitrogens is 3. The van der Waals surface area contributed by atoms with Gasteiger partial charge in [-0.15, -0.1) is 5.10 Å². The van der Waals surface area contributed by atoms with E-state index in [1.54, 1.807) is 11.7 Å². The van der Waals surface area contributed by atoms with Crippen LogP contribution in [-0.4, -0.2) is 75.8 Å². The van der Waals surface area contributed by atoms with Crippen LogP contribution in [0.1, 0.15) is 49.8 Å². The van der Waals surface area contributed by atoms with Crippen LogP contribution in [-0.2, 0) is 14.3 Å². The number of nitrogens with zero attached hydrogens (tertiary/aromatic N) is 4. The van der Waals surface area contributed by atoms with Crippen LogP contribution in [0.2, 0.25) is 0 Å². The molecule has 3 atom stereocenters. The summed E-state index contributed by atoms with van der Waals surface area (Å²) in [5, 5.41) is 21.2. The monoisotopic (exact) mass is 377 g/mol. The second-order valence-corrected chi connectivity index (χ2v) is 7.80. The molecule has 3 fully saturated rings. The zero-order chi connectivity index (χ0) is 19.0. The number of carbonyl (C=O) groups excluding carboxylic acids is 2. The second kappa shape index (κ2) is 7.55. The Morgan fingerprint density at radius 3 is 2.70 bits per heavy atom. The SMILES string of the molecule is CNC(=O)[C@@H]1C[C@@H](O)CN1C(=O)[C@H](C1CCOCC1)n1cc(C2CC2)nn1. The van der Waals surface area contributed by atoms with Gasteiger partial charge in [0.2, 0.25) is 11.8 Å². The number of aliphatic hydroxyl groups is 1. The van der Waals surface area contributed by atoms with E-state index in [2.05, 4.69) is 15.6 Å². The molecule has 0 bridgehead atoms. The fourth-order valence-electron chi connectivity index (χ4n) is 4.20. The van der Waals surface area contributed by atoms with Crippen LogP contribution >= 0.6 is 0 Å². The van der Waals surface area contributed by atoms with Crippen LogP contribution in [0.4, 0.5) is 0 Å². The predicted molar refractivity (Wildman–Crippen MR) is 94.8 cm³/mol. The van der Waals surface area contributed by atoms with Crippen molar-refractivity contribution in [3.05, 3.63) is 11.9 Å². The van der Waals surface area contributed by atoms with Gasteiger partial charge in [-0.2, -0.15) is 0 Å². The Bertz CT molecular complexity index is 698. The molecule has 27 heavy (non-hydrogen) atoms. The molecular weight excluding hydrogens is 350 g/mol. The fourth-order valence-corrected chi connectivity index (χ4v) is 4.20. The van der Waals surface area contributed by atoms with E-state index in [0.717, 1.165) is 31.4 Å². The van der Waals surface area contributed by atoms with Crippen LogP contribution in [0, 0.1) is 5.92 Å². The summed E-state index contributed by atoms with van der Waals surface area (Å²) >= 11 is 0. The molecule has 4 rings (SSSR count). The van der Waals surface area contributed by atoms with E-state index < -0.39 is 18.2 Å². The minimum Gasteiger partial charge on any atom is -0.391 e. The molecule has 0 radical (unpaired) electrons. The number of carbonyl (C=O) groups is 2. The van der Waals surface area contributed by atoms with E-state index in [4.69, 9.17) is 4.74 Å². The van der Waals surface area contributed by atoms with Gasteiger partial charge in [0, 0.05) is 45.3 Å². The van der Waals surface area contributed by atoms with Crippen molar-refractivity contribution in [3.63, 3.8) is 0 Å². The Labute approximate surface area is 158 Å². The van der Waals surface area contributed by atoms with Crippen LogP contribution < -0.4 is 5.32 Å². The smallest absolute Gasteiger partial charge is 0.248 e. The van der Waals surface area contributed by atoms with Crippen LogP contribution in [0.15, 0.2) is 6.20 Å². The van der Waals surface area contributed by atoms with E-state index in [-0.39, 0.29) is 30.7 Å². The number of nitrogens with one attached hydrogen (secondary N) is 1. The maximum absolute atomic E-state index is 13.5. The Hall–Kier alpha value is -2.00. The lowest BCUT2D eigenvalue weighted by atomic mass is 9.90. The van der Waals surface area contributed by atoms with Gasteiger partial charge in [-0.25, -0.2) is 4.68 Å². The first kappa shape index (κ1) is 18.4. The molecule has 2 N–H and O–H groups in total. The average Bonchev–Trinajstić information content (AvgIpc) is 3.30. The van der Waals surface area contributed by atoms with Gasteiger partial charge in [-0.05, 0) is 31.6 Å². The Morgan fingerprint density at radius 2 is 2.04 bits per heavy atom. The Morgan fingerprint density at radius 1 is 1.30 bits per heavy atom. The van der Waals surface area contributed by atoms with Crippen LogP contribution in [0.25, 0.3) is 0 Å². The zero-order valence-corrected chi connectivity index (χ0v) is 15.6. The first-order valence-corrected chi connectivity index (χ1v) is 9.78. The molecule has 3 heterocycles. The molecule has 0 spiro atoms. The fraction of sp³-hybridized carbons (Fsp3) is 0.778. The first-order valence-electron chi connectivity index (χ1n) is 9.78. The standard InChI is InChI=1S/C18H27N5O4/c1-19-17(25)15-8-13(24)9-22(15)18(26)16(12-4-6-27-7-5-12)23-10-14(20-21-23)11-2-3-11/h10-13,15-16,24H,2-9H2,1H3,(H,19,25)/t13-,15+,16+/m1/s1. The maximum atomic E-state index is 13.5. The third-order valence-electron chi connectivity index (χ3n) is 5.89. The molecule has 0 aromatic carbocycles. The maximum Gasteiger partial charge on any atom is 0.248 e. The number of likely N-dealkylation sites (N-methyl/N-ethyl adjacent to an activating group) is 1. The minimum atomic E-state index is -0.690. The highest BCUT2D eigenvalue weighted by Gasteiger charge is 2.44. The van der Waals surface area contributed by atoms with E-state index in [9.17, 15) is 14.7 Å². The summed E-state index contributed by atoms with van der Waals surface area (Å²) in [6.07, 6.45) is 5.21. The van der Waals surface area contributed by atoms with Gasteiger partial charge < -0.3 is 20.1 Å². The lowest BCUT2D eigenvalue weighted by Gasteiger charge is -2.33. The highest BCUT2D eigenvalue weighted by Crippen LogP contribution is 2.39. The van der Waals surface area contributed by atoms with Crippen molar-refractivity contribution < 1.29 is 19.4 Å². The number of aliphatic hydroxyl groups excluding tert-OH is 1. The van der Waals surface area contributed by atoms with E-state index in [1.165, 1.54) is 4.90 Å². The van der Waals surface area contributed by atoms with Crippen molar-refractivity contribution in [1.29, 1.82) is 0 Å². The quantitative estimate of drug-likeness (QED) is 0.737. The van der Waals surface area contributed by atoms with Gasteiger partial charge in [-0.3, -0.25) is 9.59 Å². The highest BCUT2D eigenvalue weighted by molar-refractivity contribution is 5.90. The second-order valence-electron chi connectivity index (χ2n) is 7.80. The summed E-state index contributed by atoms with van der Waals surface area (Å²) in [5.74, 6) is 0.113. The van der Waals surface area contributed by atoms with Crippen LogP contribution in [0.5, 0.6) is 0 Å². The number of hydrogen-bond donors (Lipinski definition) is 2. The van der Waals surface area contributed by atoms with Crippen molar-refractivity contribution in [3.8, 4) is 0 Å². The molecule has 2 saturated heterocycles. The number of ether oxygens (including phenoxy) is 1. The molecule has 1 aliphatic carbocycles. The molecule has 2 amide bonds. The summed E-state index contributed by atoms with van der Waals surface area (Å²) in [7, 11) is 1.55. The van der Waals surface area contributed by atoms with Crippen molar-refractivity contribution in [2.45, 2.75) is 56.2 Å². The third kappa shape index (κ3) is 3.70. The van der Waals surface area contributed by atoms with E-state index in [0.29, 0.717) is 19.1 Å². The summed E-state index contributed by atoms with van der Waals surface area (Å²) in [5.41, 5.74) is 0.934. The van der Waals surface area contributed by atoms with Crippen molar-refractivity contribution in [2.75, 3.05) is 26.8 Å². The zero-order valence-electron chi connectivity index (χ0n) is 15.6. The molecule has 9 heteroatoms. The lowest BCUT2D eigenvalue weighted by Crippen LogP contribution is -2.49. The summed E-state index contributed by atoms with van der Waals surface area (Å²) in [6, 6.07) is -1.17. The van der Waals surface area contributed by atoms with Gasteiger partial charge >= 0.3 is 0 Å². The molecule has 1 saturated carbocycles. The topological polar surface area (TPSA) is 110 Å². The number of likely N-dealkylation sites (tertiary alicyclic amines) is 1. The summed E-state index contributed by atoms with van der Waals surface area (Å²) in [4.78, 5) is 27.3. The van der Waals surface area contributed by atoms with Gasteiger partial charge in [-0.1, -0.05) is 5.21 Å². The molecule has 9 nitrogen and oxygen atoms in total. The minimum absolute atomic E-state index is 0.0723. The van der Waals surface area contributed by atoms with Gasteiger partial charge in [0.15, 0.2) is 0 Å². The van der Waals surface area contributed by atoms with Crippen molar-refractivity contribution in [2.24, 2.45) is 5.92 Å². The lowest BCUT2D eigenvalue weighted by molar-refractivity contribution is -0.143. The van der Waals surface area contributed by atoms with Gasteiger partial charge in [0.05, 0.1) is 11.8 Å². The van der Waals surface area contributed by atoms with E-state index >= 15 is 0 Å². The van der Waals surface area contributed by atoms with Crippen LogP contribution in [0.3, 0.4) is 0 Å². The third-order valence-corrected chi connectivity index (χ3v) is 5.89. The van der Waals surface area contributed by atoms with Gasteiger partial charge in [0.25, 0.3) is 0 Å². The Balaban J connectivity index is 1.62. The predicted octanol–water partition coefficient (Wildman–Crippen LogP) is -0.169. The van der Waals surface area contributed by atoms with Gasteiger partial charge in [0.1, 0.15) is 12.1 Å².